The molecular weight excluding hydrogens is 268 g/mol. The fraction of sp³-hybridized carbons (Fsp3) is 0.500. The van der Waals surface area contributed by atoms with Crippen molar-refractivity contribution in [2.45, 2.75) is 32.2 Å². The average molecular weight is 288 g/mol. The number of benzene rings is 1. The van der Waals surface area contributed by atoms with Crippen LogP contribution in [0.2, 0.25) is 0 Å². The van der Waals surface area contributed by atoms with Gasteiger partial charge in [-0.25, -0.2) is 4.79 Å². The number of nitrogens with one attached hydrogen (secondary N) is 1. The van der Waals surface area contributed by atoms with Crippen molar-refractivity contribution >= 4 is 17.6 Å². The first kappa shape index (κ1) is 14.1. The second kappa shape index (κ2) is 5.15. The number of carboxylic acids is 1. The molecule has 3 rings (SSSR count). The Hall–Kier alpha value is -1.88. The van der Waals surface area contributed by atoms with Gasteiger partial charge in [0.05, 0.1) is 5.41 Å². The van der Waals surface area contributed by atoms with Crippen molar-refractivity contribution in [3.05, 3.63) is 29.8 Å². The number of fused-ring (bicyclic) bond motifs is 1. The highest BCUT2D eigenvalue weighted by molar-refractivity contribution is 6.04. The van der Waals surface area contributed by atoms with Crippen molar-refractivity contribution in [3.8, 4) is 0 Å². The lowest BCUT2D eigenvalue weighted by Crippen LogP contribution is -2.54. The Morgan fingerprint density at radius 2 is 2.14 bits per heavy atom. The van der Waals surface area contributed by atoms with Crippen LogP contribution in [0.15, 0.2) is 24.3 Å². The van der Waals surface area contributed by atoms with Crippen molar-refractivity contribution < 1.29 is 14.7 Å². The van der Waals surface area contributed by atoms with Gasteiger partial charge < -0.3 is 10.4 Å². The molecule has 0 saturated carbocycles. The third-order valence-corrected chi connectivity index (χ3v) is 4.59. The maximum Gasteiger partial charge on any atom is 0.327 e. The topological polar surface area (TPSA) is 69.6 Å². The van der Waals surface area contributed by atoms with E-state index >= 15 is 0 Å². The lowest BCUT2D eigenvalue weighted by atomic mass is 9.81. The molecule has 0 aromatic heterocycles. The first-order valence-corrected chi connectivity index (χ1v) is 7.38. The Labute approximate surface area is 123 Å². The van der Waals surface area contributed by atoms with Gasteiger partial charge in [-0.3, -0.25) is 9.69 Å². The molecule has 2 atom stereocenters. The van der Waals surface area contributed by atoms with Crippen LogP contribution in [0.3, 0.4) is 0 Å². The summed E-state index contributed by atoms with van der Waals surface area (Å²) in [5.74, 6) is -1.01. The number of hydrogen-bond donors (Lipinski definition) is 2. The van der Waals surface area contributed by atoms with Crippen LogP contribution in [-0.4, -0.2) is 36.1 Å². The van der Waals surface area contributed by atoms with Gasteiger partial charge in [-0.05, 0) is 37.9 Å². The van der Waals surface area contributed by atoms with Crippen molar-refractivity contribution in [1.29, 1.82) is 0 Å². The lowest BCUT2D eigenvalue weighted by Gasteiger charge is -2.37. The van der Waals surface area contributed by atoms with Crippen LogP contribution in [0, 0.1) is 5.41 Å². The van der Waals surface area contributed by atoms with Gasteiger partial charge in [0, 0.05) is 18.7 Å². The van der Waals surface area contributed by atoms with Crippen LogP contribution < -0.4 is 10.2 Å². The van der Waals surface area contributed by atoms with Crippen LogP contribution in [0.5, 0.6) is 0 Å². The fourth-order valence-corrected chi connectivity index (χ4v) is 3.36. The summed E-state index contributed by atoms with van der Waals surface area (Å²) in [4.78, 5) is 26.1. The number of rotatable bonds is 2. The molecule has 1 amide bonds. The summed E-state index contributed by atoms with van der Waals surface area (Å²) in [6, 6.07) is 6.70. The summed E-state index contributed by atoms with van der Waals surface area (Å²) < 4.78 is 0. The predicted molar refractivity (Wildman–Crippen MR) is 79.3 cm³/mol. The largest absolute Gasteiger partial charge is 0.480 e. The van der Waals surface area contributed by atoms with Gasteiger partial charge in [-0.1, -0.05) is 18.2 Å². The van der Waals surface area contributed by atoms with Gasteiger partial charge in [0.25, 0.3) is 0 Å². The standard InChI is InChI=1S/C16H20N2O3/c1-16(7-4-8-17-10-16)15(21)18-12-6-3-2-5-11(12)9-13(18)14(19)20/h2-3,5-6,13,17H,4,7-10H2,1H3,(H,19,20). The molecule has 1 fully saturated rings. The highest BCUT2D eigenvalue weighted by Gasteiger charge is 2.45. The molecule has 5 heteroatoms. The number of anilines is 1. The number of amides is 1. The minimum Gasteiger partial charge on any atom is -0.480 e. The zero-order chi connectivity index (χ0) is 15.0. The van der Waals surface area contributed by atoms with E-state index < -0.39 is 17.4 Å². The van der Waals surface area contributed by atoms with Crippen molar-refractivity contribution in [3.63, 3.8) is 0 Å². The molecule has 1 aromatic rings. The van der Waals surface area contributed by atoms with E-state index in [4.69, 9.17) is 0 Å². The summed E-state index contributed by atoms with van der Waals surface area (Å²) in [6.07, 6.45) is 2.13. The van der Waals surface area contributed by atoms with Gasteiger partial charge in [-0.15, -0.1) is 0 Å². The Morgan fingerprint density at radius 3 is 2.81 bits per heavy atom. The maximum atomic E-state index is 13.0. The van der Waals surface area contributed by atoms with E-state index in [1.54, 1.807) is 0 Å². The number of hydrogen-bond acceptors (Lipinski definition) is 3. The normalized spacial score (nSPS) is 28.2. The number of para-hydroxylation sites is 1. The van der Waals surface area contributed by atoms with Crippen LogP contribution in [0.1, 0.15) is 25.3 Å². The summed E-state index contributed by atoms with van der Waals surface area (Å²) in [5.41, 5.74) is 1.16. The van der Waals surface area contributed by atoms with Crippen LogP contribution >= 0.6 is 0 Å². The van der Waals surface area contributed by atoms with Gasteiger partial charge in [-0.2, -0.15) is 0 Å². The van der Waals surface area contributed by atoms with E-state index in [9.17, 15) is 14.7 Å². The highest BCUT2D eigenvalue weighted by Crippen LogP contribution is 2.37. The molecule has 112 valence electrons. The predicted octanol–water partition coefficient (Wildman–Crippen LogP) is 1.42. The van der Waals surface area contributed by atoms with E-state index in [0.29, 0.717) is 13.0 Å². The number of aliphatic carboxylic acids is 1. The minimum atomic E-state index is -0.938. The molecule has 1 aromatic carbocycles. The van der Waals surface area contributed by atoms with Crippen LogP contribution in [0.4, 0.5) is 5.69 Å². The van der Waals surface area contributed by atoms with E-state index in [-0.39, 0.29) is 5.91 Å². The number of carbonyl (C=O) groups excluding carboxylic acids is 1. The van der Waals surface area contributed by atoms with Crippen molar-refractivity contribution in [1.82, 2.24) is 5.32 Å². The number of carboxylic acid groups (broad SMARTS) is 1. The van der Waals surface area contributed by atoms with Crippen LogP contribution in [0.25, 0.3) is 0 Å². The summed E-state index contributed by atoms with van der Waals surface area (Å²) in [7, 11) is 0. The maximum absolute atomic E-state index is 13.0. The average Bonchev–Trinajstić information content (AvgIpc) is 2.86. The Bertz CT molecular complexity index is 579. The monoisotopic (exact) mass is 288 g/mol. The first-order chi connectivity index (χ1) is 10.0. The zero-order valence-corrected chi connectivity index (χ0v) is 12.1. The Kier molecular flexibility index (Phi) is 3.45. The molecule has 5 nitrogen and oxygen atoms in total. The smallest absolute Gasteiger partial charge is 0.327 e. The number of carbonyl (C=O) groups is 2. The number of piperidine rings is 1. The van der Waals surface area contributed by atoms with Gasteiger partial charge in [0.2, 0.25) is 5.91 Å². The molecule has 2 heterocycles. The van der Waals surface area contributed by atoms with Crippen molar-refractivity contribution in [2.24, 2.45) is 5.41 Å². The highest BCUT2D eigenvalue weighted by atomic mass is 16.4. The fourth-order valence-electron chi connectivity index (χ4n) is 3.36. The first-order valence-electron chi connectivity index (χ1n) is 7.38. The molecule has 2 aliphatic rings. The van der Waals surface area contributed by atoms with E-state index in [1.807, 2.05) is 31.2 Å². The second-order valence-corrected chi connectivity index (χ2v) is 6.20. The Morgan fingerprint density at radius 1 is 1.38 bits per heavy atom. The third kappa shape index (κ3) is 2.31. The van der Waals surface area contributed by atoms with Gasteiger partial charge in [0.15, 0.2) is 0 Å². The van der Waals surface area contributed by atoms with Gasteiger partial charge in [0.1, 0.15) is 6.04 Å². The number of nitrogens with zero attached hydrogens (tertiary/aromatic N) is 1. The van der Waals surface area contributed by atoms with E-state index in [0.717, 1.165) is 30.6 Å². The molecule has 0 aliphatic carbocycles. The molecule has 21 heavy (non-hydrogen) atoms. The van der Waals surface area contributed by atoms with Gasteiger partial charge >= 0.3 is 5.97 Å². The Balaban J connectivity index is 1.97. The summed E-state index contributed by atoms with van der Waals surface area (Å²) in [5, 5.41) is 12.7. The molecule has 2 unspecified atom stereocenters. The molecule has 2 aliphatic heterocycles. The van der Waals surface area contributed by atoms with Crippen LogP contribution in [-0.2, 0) is 16.0 Å². The third-order valence-electron chi connectivity index (χ3n) is 4.59. The minimum absolute atomic E-state index is 0.0768. The molecular formula is C16H20N2O3. The second-order valence-electron chi connectivity index (χ2n) is 6.20. The molecule has 2 N–H and O–H groups in total. The van der Waals surface area contributed by atoms with E-state index in [1.165, 1.54) is 4.90 Å². The summed E-state index contributed by atoms with van der Waals surface area (Å²) in [6.45, 7) is 3.46. The summed E-state index contributed by atoms with van der Waals surface area (Å²) >= 11 is 0. The lowest BCUT2D eigenvalue weighted by molar-refractivity contribution is -0.141. The van der Waals surface area contributed by atoms with E-state index in [2.05, 4.69) is 5.32 Å². The molecule has 0 bridgehead atoms. The SMILES string of the molecule is CC1(C(=O)N2c3ccccc3CC2C(=O)O)CCCNC1. The molecule has 0 spiro atoms. The zero-order valence-electron chi connectivity index (χ0n) is 12.1. The molecule has 0 radical (unpaired) electrons. The van der Waals surface area contributed by atoms with Crippen molar-refractivity contribution in [2.75, 3.05) is 18.0 Å². The molecule has 1 saturated heterocycles. The quantitative estimate of drug-likeness (QED) is 0.863.